The lowest BCUT2D eigenvalue weighted by Crippen LogP contribution is -2.45. The van der Waals surface area contributed by atoms with Gasteiger partial charge in [0.15, 0.2) is 5.82 Å². The van der Waals surface area contributed by atoms with Crippen LogP contribution in [0.4, 0.5) is 5.82 Å². The predicted molar refractivity (Wildman–Crippen MR) is 145 cm³/mol. The zero-order chi connectivity index (χ0) is 25.1. The molecular weight excluding hydrogens is 472 g/mol. The highest BCUT2D eigenvalue weighted by Gasteiger charge is 2.28. The highest BCUT2D eigenvalue weighted by atomic mass is 35.5. The number of aryl methyl sites for hydroxylation is 1. The second-order valence-electron chi connectivity index (χ2n) is 9.40. The number of para-hydroxylation sites is 2. The molecule has 6 nitrogen and oxygen atoms in total. The lowest BCUT2D eigenvalue weighted by molar-refractivity contribution is -0.125. The Morgan fingerprint density at radius 3 is 2.61 bits per heavy atom. The summed E-state index contributed by atoms with van der Waals surface area (Å²) in [5.41, 5.74) is 4.56. The average Bonchev–Trinajstić information content (AvgIpc) is 2.90. The average molecular weight is 501 g/mol. The van der Waals surface area contributed by atoms with Crippen molar-refractivity contribution in [3.05, 3.63) is 105 Å². The molecule has 0 bridgehead atoms. The van der Waals surface area contributed by atoms with E-state index in [1.807, 2.05) is 60.4 Å². The third kappa shape index (κ3) is 5.14. The van der Waals surface area contributed by atoms with Crippen LogP contribution in [0.1, 0.15) is 29.5 Å². The normalized spacial score (nSPS) is 15.7. The number of piperidine rings is 1. The van der Waals surface area contributed by atoms with Crippen LogP contribution in [0.15, 0.2) is 77.6 Å². The number of fused-ring (bicyclic) bond motifs is 1. The van der Waals surface area contributed by atoms with Crippen molar-refractivity contribution in [1.29, 1.82) is 0 Å². The Hall–Kier alpha value is -3.64. The van der Waals surface area contributed by atoms with Gasteiger partial charge in [0, 0.05) is 24.7 Å². The second-order valence-corrected chi connectivity index (χ2v) is 9.80. The van der Waals surface area contributed by atoms with Crippen molar-refractivity contribution in [2.75, 3.05) is 18.0 Å². The summed E-state index contributed by atoms with van der Waals surface area (Å²) >= 11 is 6.24. The van der Waals surface area contributed by atoms with Crippen molar-refractivity contribution in [3.8, 4) is 0 Å². The number of halogens is 1. The van der Waals surface area contributed by atoms with E-state index in [0.29, 0.717) is 37.0 Å². The topological polar surface area (TPSA) is 67.2 Å². The zero-order valence-corrected chi connectivity index (χ0v) is 21.0. The zero-order valence-electron chi connectivity index (χ0n) is 20.3. The number of hydrogen-bond donors (Lipinski definition) is 1. The molecule has 4 aromatic rings. The third-order valence-corrected chi connectivity index (χ3v) is 7.17. The van der Waals surface area contributed by atoms with Gasteiger partial charge in [0.25, 0.3) is 5.56 Å². The molecule has 1 aliphatic rings. The number of hydrogen-bond acceptors (Lipinski definition) is 4. The first-order valence-electron chi connectivity index (χ1n) is 12.3. The molecule has 3 aromatic carbocycles. The number of amides is 1. The van der Waals surface area contributed by atoms with E-state index in [0.717, 1.165) is 35.0 Å². The minimum Gasteiger partial charge on any atom is -0.352 e. The molecule has 0 saturated carbocycles. The van der Waals surface area contributed by atoms with Crippen molar-refractivity contribution < 1.29 is 4.79 Å². The number of nitrogens with one attached hydrogen (secondary N) is 1. The first-order valence-corrected chi connectivity index (χ1v) is 12.7. The highest BCUT2D eigenvalue weighted by Crippen LogP contribution is 2.23. The van der Waals surface area contributed by atoms with E-state index in [4.69, 9.17) is 16.6 Å². The molecule has 5 rings (SSSR count). The van der Waals surface area contributed by atoms with Crippen molar-refractivity contribution in [2.24, 2.45) is 5.92 Å². The largest absolute Gasteiger partial charge is 0.352 e. The van der Waals surface area contributed by atoms with Gasteiger partial charge in [0.2, 0.25) is 5.91 Å². The monoisotopic (exact) mass is 500 g/mol. The molecule has 1 aliphatic heterocycles. The van der Waals surface area contributed by atoms with Gasteiger partial charge in [0.1, 0.15) is 0 Å². The molecule has 1 amide bonds. The number of nitrogens with zero attached hydrogens (tertiary/aromatic N) is 3. The van der Waals surface area contributed by atoms with Crippen LogP contribution in [0.5, 0.6) is 0 Å². The molecule has 1 fully saturated rings. The van der Waals surface area contributed by atoms with E-state index in [-0.39, 0.29) is 17.4 Å². The molecule has 0 unspecified atom stereocenters. The summed E-state index contributed by atoms with van der Waals surface area (Å²) in [6.07, 6.45) is 1.59. The number of benzene rings is 3. The summed E-state index contributed by atoms with van der Waals surface area (Å²) in [4.78, 5) is 33.5. The molecule has 184 valence electrons. The van der Waals surface area contributed by atoms with Crippen LogP contribution in [0.25, 0.3) is 11.0 Å². The number of aromatic nitrogens is 2. The van der Waals surface area contributed by atoms with Crippen LogP contribution in [-0.2, 0) is 17.9 Å². The maximum Gasteiger partial charge on any atom is 0.294 e. The molecule has 0 spiro atoms. The van der Waals surface area contributed by atoms with Gasteiger partial charge in [-0.2, -0.15) is 0 Å². The molecule has 7 heteroatoms. The van der Waals surface area contributed by atoms with Crippen molar-refractivity contribution in [1.82, 2.24) is 14.9 Å². The Balaban J connectivity index is 1.40. The van der Waals surface area contributed by atoms with E-state index in [1.54, 1.807) is 4.57 Å². The molecule has 1 aromatic heterocycles. The Bertz CT molecular complexity index is 1450. The summed E-state index contributed by atoms with van der Waals surface area (Å²) in [7, 11) is 0. The van der Waals surface area contributed by atoms with Gasteiger partial charge in [-0.3, -0.25) is 14.2 Å². The van der Waals surface area contributed by atoms with E-state index in [2.05, 4.69) is 29.6 Å². The van der Waals surface area contributed by atoms with Crippen LogP contribution in [0, 0.1) is 12.8 Å². The number of rotatable bonds is 6. The van der Waals surface area contributed by atoms with E-state index < -0.39 is 0 Å². The van der Waals surface area contributed by atoms with E-state index in [1.165, 1.54) is 5.56 Å². The Labute approximate surface area is 215 Å². The van der Waals surface area contributed by atoms with Crippen LogP contribution in [0.3, 0.4) is 0 Å². The van der Waals surface area contributed by atoms with Gasteiger partial charge in [0.05, 0.1) is 23.5 Å². The molecule has 1 N–H and O–H groups in total. The molecular formula is C29H29ClN4O2. The van der Waals surface area contributed by atoms with Gasteiger partial charge < -0.3 is 10.2 Å². The maximum atomic E-state index is 13.7. The highest BCUT2D eigenvalue weighted by molar-refractivity contribution is 6.31. The number of anilines is 1. The predicted octanol–water partition coefficient (Wildman–Crippen LogP) is 4.94. The van der Waals surface area contributed by atoms with Crippen molar-refractivity contribution in [2.45, 2.75) is 32.9 Å². The quantitative estimate of drug-likeness (QED) is 0.407. The second kappa shape index (κ2) is 10.5. The Morgan fingerprint density at radius 2 is 1.81 bits per heavy atom. The number of carbonyl (C=O) groups is 1. The smallest absolute Gasteiger partial charge is 0.294 e. The molecule has 1 atom stereocenters. The van der Waals surface area contributed by atoms with E-state index in [9.17, 15) is 9.59 Å². The van der Waals surface area contributed by atoms with Crippen LogP contribution >= 0.6 is 11.6 Å². The first-order chi connectivity index (χ1) is 17.5. The maximum absolute atomic E-state index is 13.7. The van der Waals surface area contributed by atoms with Crippen molar-refractivity contribution in [3.63, 3.8) is 0 Å². The minimum absolute atomic E-state index is 0.0274. The molecule has 1 saturated heterocycles. The van der Waals surface area contributed by atoms with Gasteiger partial charge >= 0.3 is 0 Å². The van der Waals surface area contributed by atoms with Crippen LogP contribution < -0.4 is 15.8 Å². The summed E-state index contributed by atoms with van der Waals surface area (Å²) in [5.74, 6) is 0.157. The Kier molecular flexibility index (Phi) is 7.05. The summed E-state index contributed by atoms with van der Waals surface area (Å²) in [6, 6.07) is 23.4. The SMILES string of the molecule is Cc1ccc(Cn2c(=O)c(N3CCC[C@@H](C(=O)NCc4ccccc4Cl)C3)nc3ccccc32)cc1. The molecule has 2 heterocycles. The fraction of sp³-hybridized carbons (Fsp3) is 0.276. The van der Waals surface area contributed by atoms with Crippen molar-refractivity contribution >= 4 is 34.4 Å². The summed E-state index contributed by atoms with van der Waals surface area (Å²) in [6.45, 7) is 4.05. The first kappa shape index (κ1) is 24.1. The van der Waals surface area contributed by atoms with Gasteiger partial charge in [-0.25, -0.2) is 4.98 Å². The summed E-state index contributed by atoms with van der Waals surface area (Å²) < 4.78 is 1.80. The minimum atomic E-state index is -0.223. The van der Waals surface area contributed by atoms with Gasteiger partial charge in [-0.05, 0) is 49.1 Å². The van der Waals surface area contributed by atoms with Crippen LogP contribution in [-0.4, -0.2) is 28.5 Å². The fourth-order valence-corrected chi connectivity index (χ4v) is 4.97. The third-order valence-electron chi connectivity index (χ3n) is 6.80. The van der Waals surface area contributed by atoms with E-state index >= 15 is 0 Å². The lowest BCUT2D eigenvalue weighted by Gasteiger charge is -2.33. The molecule has 36 heavy (non-hydrogen) atoms. The summed E-state index contributed by atoms with van der Waals surface area (Å²) in [5, 5.41) is 3.66. The van der Waals surface area contributed by atoms with Crippen LogP contribution in [0.2, 0.25) is 5.02 Å². The standard InChI is InChI=1S/C29H29ClN4O2/c1-20-12-14-21(15-13-20)18-34-26-11-5-4-10-25(26)32-27(29(34)36)33-16-6-8-23(19-33)28(35)31-17-22-7-2-3-9-24(22)30/h2-5,7,9-15,23H,6,8,16-19H2,1H3,(H,31,35)/t23-/m1/s1. The molecule has 0 radical (unpaired) electrons. The van der Waals surface area contributed by atoms with Gasteiger partial charge in [-0.1, -0.05) is 71.8 Å². The molecule has 0 aliphatic carbocycles. The van der Waals surface area contributed by atoms with Gasteiger partial charge in [-0.15, -0.1) is 0 Å². The lowest BCUT2D eigenvalue weighted by atomic mass is 9.97. The fourth-order valence-electron chi connectivity index (χ4n) is 4.77. The number of carbonyl (C=O) groups excluding carboxylic acids is 1. The Morgan fingerprint density at radius 1 is 1.06 bits per heavy atom.